The van der Waals surface area contributed by atoms with Crippen molar-refractivity contribution in [1.29, 1.82) is 0 Å². The molecule has 3 N–H and O–H groups in total. The maximum atomic E-state index is 12.6. The molecule has 1 aromatic carbocycles. The molecule has 0 saturated heterocycles. The van der Waals surface area contributed by atoms with E-state index in [-0.39, 0.29) is 5.91 Å². The predicted octanol–water partition coefficient (Wildman–Crippen LogP) is 2.89. The van der Waals surface area contributed by atoms with Crippen molar-refractivity contribution in [2.24, 2.45) is 7.05 Å². The molecule has 0 atom stereocenters. The minimum Gasteiger partial charge on any atom is -0.383 e. The van der Waals surface area contributed by atoms with E-state index in [9.17, 15) is 4.79 Å². The number of carbonyl (C=O) groups is 1. The maximum absolute atomic E-state index is 12.6. The summed E-state index contributed by atoms with van der Waals surface area (Å²) in [7, 11) is 1.84. The van der Waals surface area contributed by atoms with Crippen LogP contribution in [-0.4, -0.2) is 36.8 Å². The van der Waals surface area contributed by atoms with E-state index in [1.807, 2.05) is 69.0 Å². The highest BCUT2D eigenvalue weighted by atomic mass is 16.1. The van der Waals surface area contributed by atoms with Crippen LogP contribution in [0.5, 0.6) is 0 Å². The molecule has 0 radical (unpaired) electrons. The van der Waals surface area contributed by atoms with Crippen LogP contribution in [0.4, 0.5) is 5.82 Å². The van der Waals surface area contributed by atoms with Gasteiger partial charge in [0.05, 0.1) is 10.9 Å². The van der Waals surface area contributed by atoms with Crippen molar-refractivity contribution in [2.75, 3.05) is 12.3 Å². The Balaban J connectivity index is 1.72. The molecule has 0 aliphatic heterocycles. The number of nitrogens with zero attached hydrogens (tertiary/aromatic N) is 5. The van der Waals surface area contributed by atoms with E-state index in [2.05, 4.69) is 15.3 Å². The van der Waals surface area contributed by atoms with Crippen LogP contribution in [0, 0.1) is 6.92 Å². The number of hydrogen-bond donors (Lipinski definition) is 2. The molecule has 154 valence electrons. The average molecular weight is 403 g/mol. The molecular weight excluding hydrogens is 378 g/mol. The Morgan fingerprint density at radius 2 is 1.90 bits per heavy atom. The molecule has 8 nitrogen and oxygen atoms in total. The number of benzene rings is 1. The number of amides is 1. The van der Waals surface area contributed by atoms with Gasteiger partial charge in [0.2, 0.25) is 0 Å². The molecule has 30 heavy (non-hydrogen) atoms. The second-order valence-corrected chi connectivity index (χ2v) is 8.08. The van der Waals surface area contributed by atoms with Crippen molar-refractivity contribution < 1.29 is 4.79 Å². The lowest BCUT2D eigenvalue weighted by atomic mass is 10.1. The Hall–Kier alpha value is -3.68. The average Bonchev–Trinajstić information content (AvgIpc) is 3.32. The van der Waals surface area contributed by atoms with Crippen molar-refractivity contribution in [3.05, 3.63) is 60.2 Å². The number of rotatable bonds is 5. The fourth-order valence-corrected chi connectivity index (χ4v) is 3.47. The Morgan fingerprint density at radius 1 is 1.17 bits per heavy atom. The van der Waals surface area contributed by atoms with Gasteiger partial charge in [0, 0.05) is 25.4 Å². The van der Waals surface area contributed by atoms with Gasteiger partial charge in [-0.1, -0.05) is 29.8 Å². The summed E-state index contributed by atoms with van der Waals surface area (Å²) in [5.41, 5.74) is 9.72. The first-order valence-corrected chi connectivity index (χ1v) is 9.74. The van der Waals surface area contributed by atoms with Crippen molar-refractivity contribution in [3.8, 4) is 11.3 Å². The first-order chi connectivity index (χ1) is 14.3. The van der Waals surface area contributed by atoms with Crippen LogP contribution in [0.2, 0.25) is 0 Å². The molecule has 0 saturated carbocycles. The van der Waals surface area contributed by atoms with Gasteiger partial charge in [0.15, 0.2) is 5.65 Å². The summed E-state index contributed by atoms with van der Waals surface area (Å²) in [6.07, 6.45) is 3.28. The quantitative estimate of drug-likeness (QED) is 0.533. The molecule has 4 aromatic rings. The summed E-state index contributed by atoms with van der Waals surface area (Å²) in [6.45, 7) is 6.41. The van der Waals surface area contributed by atoms with Gasteiger partial charge in [-0.25, -0.2) is 14.6 Å². The van der Waals surface area contributed by atoms with E-state index >= 15 is 0 Å². The summed E-state index contributed by atoms with van der Waals surface area (Å²) in [4.78, 5) is 21.2. The predicted molar refractivity (Wildman–Crippen MR) is 117 cm³/mol. The van der Waals surface area contributed by atoms with Crippen LogP contribution >= 0.6 is 0 Å². The number of nitrogen functional groups attached to an aromatic ring is 1. The van der Waals surface area contributed by atoms with Crippen molar-refractivity contribution >= 4 is 22.8 Å². The van der Waals surface area contributed by atoms with Crippen molar-refractivity contribution in [1.82, 2.24) is 29.6 Å². The normalized spacial score (nSPS) is 11.7. The summed E-state index contributed by atoms with van der Waals surface area (Å²) >= 11 is 0. The largest absolute Gasteiger partial charge is 0.383 e. The summed E-state index contributed by atoms with van der Waals surface area (Å²) in [6, 6.07) is 11.7. The van der Waals surface area contributed by atoms with Gasteiger partial charge >= 0.3 is 0 Å². The zero-order valence-corrected chi connectivity index (χ0v) is 17.5. The smallest absolute Gasteiger partial charge is 0.267 e. The van der Waals surface area contributed by atoms with Crippen molar-refractivity contribution in [2.45, 2.75) is 26.3 Å². The molecule has 0 bridgehead atoms. The SMILES string of the molecule is Cc1ccc(-c2nn(C(C)(C)CNC(=O)c3cccn3C)c3ncnc(N)c23)cc1. The number of hydrogen-bond acceptors (Lipinski definition) is 5. The highest BCUT2D eigenvalue weighted by Crippen LogP contribution is 2.33. The highest BCUT2D eigenvalue weighted by molar-refractivity contribution is 5.98. The second kappa shape index (κ2) is 7.29. The standard InChI is InChI=1S/C22H25N7O/c1-14-7-9-15(10-8-14)18-17-19(23)25-13-26-20(17)29(27-18)22(2,3)12-24-21(30)16-6-5-11-28(16)4/h5-11,13H,12H2,1-4H3,(H,24,30)(H2,23,25,26). The van der Waals surface area contributed by atoms with E-state index < -0.39 is 5.54 Å². The molecule has 8 heteroatoms. The lowest BCUT2D eigenvalue weighted by molar-refractivity contribution is 0.0928. The zero-order valence-electron chi connectivity index (χ0n) is 17.5. The Morgan fingerprint density at radius 3 is 2.57 bits per heavy atom. The lowest BCUT2D eigenvalue weighted by Crippen LogP contribution is -2.41. The fourth-order valence-electron chi connectivity index (χ4n) is 3.47. The van der Waals surface area contributed by atoms with Gasteiger partial charge in [0.1, 0.15) is 23.5 Å². The monoisotopic (exact) mass is 403 g/mol. The Labute approximate surface area is 174 Å². The molecular formula is C22H25N7O. The van der Waals surface area contributed by atoms with Gasteiger partial charge in [-0.3, -0.25) is 4.79 Å². The Bertz CT molecular complexity index is 1220. The van der Waals surface area contributed by atoms with E-state index in [0.29, 0.717) is 29.1 Å². The van der Waals surface area contributed by atoms with E-state index in [4.69, 9.17) is 10.8 Å². The van der Waals surface area contributed by atoms with Crippen LogP contribution in [-0.2, 0) is 12.6 Å². The van der Waals surface area contributed by atoms with Crippen LogP contribution in [0.25, 0.3) is 22.3 Å². The minimum absolute atomic E-state index is 0.139. The number of nitrogens with one attached hydrogen (secondary N) is 1. The third kappa shape index (κ3) is 3.41. The highest BCUT2D eigenvalue weighted by Gasteiger charge is 2.28. The molecule has 0 aliphatic carbocycles. The van der Waals surface area contributed by atoms with Crippen LogP contribution in [0.1, 0.15) is 29.9 Å². The van der Waals surface area contributed by atoms with Gasteiger partial charge in [-0.2, -0.15) is 5.10 Å². The van der Waals surface area contributed by atoms with E-state index in [1.165, 1.54) is 6.33 Å². The first-order valence-electron chi connectivity index (χ1n) is 9.74. The molecule has 0 spiro atoms. The first kappa shape index (κ1) is 19.6. The number of aryl methyl sites for hydroxylation is 2. The topological polar surface area (TPSA) is 104 Å². The van der Waals surface area contributed by atoms with Crippen molar-refractivity contribution in [3.63, 3.8) is 0 Å². The number of nitrogens with two attached hydrogens (primary N) is 1. The number of carbonyl (C=O) groups excluding carboxylic acids is 1. The van der Waals surface area contributed by atoms with Gasteiger partial charge in [-0.15, -0.1) is 0 Å². The summed E-state index contributed by atoms with van der Waals surface area (Å²) < 4.78 is 3.61. The summed E-state index contributed by atoms with van der Waals surface area (Å²) in [5.74, 6) is 0.241. The second-order valence-electron chi connectivity index (χ2n) is 8.08. The summed E-state index contributed by atoms with van der Waals surface area (Å²) in [5, 5.41) is 8.57. The molecule has 0 fully saturated rings. The fraction of sp³-hybridized carbons (Fsp3) is 0.273. The number of fused-ring (bicyclic) bond motifs is 1. The molecule has 3 heterocycles. The van der Waals surface area contributed by atoms with Gasteiger partial charge < -0.3 is 15.6 Å². The van der Waals surface area contributed by atoms with Gasteiger partial charge in [-0.05, 0) is 32.9 Å². The third-order valence-corrected chi connectivity index (χ3v) is 5.25. The molecule has 0 aliphatic rings. The molecule has 0 unspecified atom stereocenters. The third-order valence-electron chi connectivity index (χ3n) is 5.25. The van der Waals surface area contributed by atoms with Gasteiger partial charge in [0.25, 0.3) is 5.91 Å². The maximum Gasteiger partial charge on any atom is 0.267 e. The molecule has 3 aromatic heterocycles. The number of anilines is 1. The molecule has 1 amide bonds. The van der Waals surface area contributed by atoms with Crippen LogP contribution < -0.4 is 11.1 Å². The molecule has 4 rings (SSSR count). The minimum atomic E-state index is -0.553. The zero-order chi connectivity index (χ0) is 21.5. The van der Waals surface area contributed by atoms with Crippen LogP contribution in [0.15, 0.2) is 48.9 Å². The van der Waals surface area contributed by atoms with E-state index in [0.717, 1.165) is 16.8 Å². The lowest BCUT2D eigenvalue weighted by Gasteiger charge is -2.26. The Kier molecular flexibility index (Phi) is 4.77. The number of aromatic nitrogens is 5. The van der Waals surface area contributed by atoms with Crippen LogP contribution in [0.3, 0.4) is 0 Å². The van der Waals surface area contributed by atoms with E-state index in [1.54, 1.807) is 10.6 Å².